The first-order valence-electron chi connectivity index (χ1n) is 7.69. The van der Waals surface area contributed by atoms with E-state index >= 15 is 0 Å². The highest BCUT2D eigenvalue weighted by Crippen LogP contribution is 2.16. The second-order valence-electron chi connectivity index (χ2n) is 5.78. The monoisotopic (exact) mass is 289 g/mol. The average molecular weight is 289 g/mol. The minimum Gasteiger partial charge on any atom is -0.489 e. The first kappa shape index (κ1) is 14.4. The molecule has 1 aromatic carbocycles. The number of benzene rings is 1. The summed E-state index contributed by atoms with van der Waals surface area (Å²) in [5, 5.41) is 3.31. The Morgan fingerprint density at radius 3 is 2.90 bits per heavy atom. The Hall–Kier alpha value is -1.59. The van der Waals surface area contributed by atoms with Crippen molar-refractivity contribution in [2.45, 2.75) is 19.1 Å². The van der Waals surface area contributed by atoms with Crippen molar-refractivity contribution >= 4 is 5.91 Å². The molecule has 0 spiro atoms. The van der Waals surface area contributed by atoms with Crippen LogP contribution in [0.3, 0.4) is 0 Å². The minimum atomic E-state index is -0.000509. The second kappa shape index (κ2) is 6.45. The average Bonchev–Trinajstić information content (AvgIpc) is 2.51. The van der Waals surface area contributed by atoms with Gasteiger partial charge in [0.05, 0.1) is 6.54 Å². The van der Waals surface area contributed by atoms with Crippen LogP contribution in [0.5, 0.6) is 5.75 Å². The van der Waals surface area contributed by atoms with Crippen molar-refractivity contribution in [3.63, 3.8) is 0 Å². The number of nitrogens with one attached hydrogen (secondary N) is 1. The van der Waals surface area contributed by atoms with E-state index in [1.54, 1.807) is 0 Å². The standard InChI is InChI=1S/C16H23N3O2/c1-13(21-14-5-3-2-4-6-14)12-19-10-9-18-8-7-17-11-15(18)16(19)20/h2-6,13,15,17H,7-12H2,1H3/t13?,15-/m1/s1. The molecular formula is C16H23N3O2. The zero-order valence-electron chi connectivity index (χ0n) is 12.5. The largest absolute Gasteiger partial charge is 0.489 e. The van der Waals surface area contributed by atoms with Crippen molar-refractivity contribution in [3.05, 3.63) is 30.3 Å². The van der Waals surface area contributed by atoms with Crippen LogP contribution < -0.4 is 10.1 Å². The molecule has 2 saturated heterocycles. The Labute approximate surface area is 125 Å². The summed E-state index contributed by atoms with van der Waals surface area (Å²) in [6, 6.07) is 9.79. The van der Waals surface area contributed by atoms with E-state index in [1.165, 1.54) is 0 Å². The van der Waals surface area contributed by atoms with Crippen LogP contribution in [0.4, 0.5) is 0 Å². The number of para-hydroxylation sites is 1. The summed E-state index contributed by atoms with van der Waals surface area (Å²) in [7, 11) is 0. The van der Waals surface area contributed by atoms with E-state index in [2.05, 4.69) is 10.2 Å². The summed E-state index contributed by atoms with van der Waals surface area (Å²) in [4.78, 5) is 16.8. The van der Waals surface area contributed by atoms with Gasteiger partial charge in [-0.15, -0.1) is 0 Å². The molecule has 21 heavy (non-hydrogen) atoms. The van der Waals surface area contributed by atoms with Crippen LogP contribution in [-0.4, -0.2) is 67.1 Å². The molecule has 114 valence electrons. The van der Waals surface area contributed by atoms with E-state index in [0.29, 0.717) is 6.54 Å². The smallest absolute Gasteiger partial charge is 0.241 e. The number of hydrogen-bond donors (Lipinski definition) is 1. The number of fused-ring (bicyclic) bond motifs is 1. The van der Waals surface area contributed by atoms with E-state index in [0.717, 1.165) is 38.5 Å². The van der Waals surface area contributed by atoms with Crippen molar-refractivity contribution in [1.29, 1.82) is 0 Å². The Bertz CT molecular complexity index is 480. The molecule has 0 saturated carbocycles. The van der Waals surface area contributed by atoms with Crippen LogP contribution >= 0.6 is 0 Å². The van der Waals surface area contributed by atoms with Gasteiger partial charge in [0.15, 0.2) is 0 Å². The second-order valence-corrected chi connectivity index (χ2v) is 5.78. The molecule has 5 nitrogen and oxygen atoms in total. The molecule has 2 aliphatic heterocycles. The number of piperazine rings is 2. The van der Waals surface area contributed by atoms with Gasteiger partial charge in [0.25, 0.3) is 0 Å². The molecule has 2 aliphatic rings. The normalized spacial score (nSPS) is 24.5. The molecule has 1 N–H and O–H groups in total. The minimum absolute atomic E-state index is 0.000509. The first-order valence-corrected chi connectivity index (χ1v) is 7.69. The highest BCUT2D eigenvalue weighted by atomic mass is 16.5. The summed E-state index contributed by atoms with van der Waals surface area (Å²) in [6.45, 7) is 7.17. The third-order valence-corrected chi connectivity index (χ3v) is 4.17. The third kappa shape index (κ3) is 3.36. The van der Waals surface area contributed by atoms with Gasteiger partial charge in [-0.1, -0.05) is 18.2 Å². The lowest BCUT2D eigenvalue weighted by Crippen LogP contribution is -2.64. The fourth-order valence-electron chi connectivity index (χ4n) is 3.09. The molecule has 1 unspecified atom stereocenters. The molecule has 2 fully saturated rings. The lowest BCUT2D eigenvalue weighted by atomic mass is 10.1. The quantitative estimate of drug-likeness (QED) is 0.880. The van der Waals surface area contributed by atoms with Crippen LogP contribution in [-0.2, 0) is 4.79 Å². The summed E-state index contributed by atoms with van der Waals surface area (Å²) in [5.74, 6) is 1.09. The maximum Gasteiger partial charge on any atom is 0.241 e. The maximum absolute atomic E-state index is 12.5. The molecule has 2 atom stereocenters. The van der Waals surface area contributed by atoms with Crippen molar-refractivity contribution in [2.75, 3.05) is 39.3 Å². The van der Waals surface area contributed by atoms with Crippen molar-refractivity contribution in [3.8, 4) is 5.75 Å². The number of hydrogen-bond acceptors (Lipinski definition) is 4. The zero-order chi connectivity index (χ0) is 14.7. The van der Waals surface area contributed by atoms with E-state index in [-0.39, 0.29) is 18.1 Å². The Morgan fingerprint density at radius 2 is 2.10 bits per heavy atom. The van der Waals surface area contributed by atoms with Crippen molar-refractivity contribution < 1.29 is 9.53 Å². The summed E-state index contributed by atoms with van der Waals surface area (Å²) < 4.78 is 5.88. The van der Waals surface area contributed by atoms with Crippen molar-refractivity contribution in [1.82, 2.24) is 15.1 Å². The highest BCUT2D eigenvalue weighted by molar-refractivity contribution is 5.83. The lowest BCUT2D eigenvalue weighted by molar-refractivity contribution is -0.143. The summed E-state index contributed by atoms with van der Waals surface area (Å²) in [5.41, 5.74) is 0. The zero-order valence-corrected chi connectivity index (χ0v) is 12.5. The van der Waals surface area contributed by atoms with Gasteiger partial charge in [-0.25, -0.2) is 0 Å². The van der Waals surface area contributed by atoms with Gasteiger partial charge in [-0.3, -0.25) is 9.69 Å². The summed E-state index contributed by atoms with van der Waals surface area (Å²) in [6.07, 6.45) is -0.000509. The van der Waals surface area contributed by atoms with Crippen LogP contribution in [0.25, 0.3) is 0 Å². The first-order chi connectivity index (χ1) is 10.2. The number of nitrogens with zero attached hydrogens (tertiary/aromatic N) is 2. The van der Waals surface area contributed by atoms with Gasteiger partial charge in [-0.05, 0) is 19.1 Å². The number of carbonyl (C=O) groups is 1. The Kier molecular flexibility index (Phi) is 4.41. The van der Waals surface area contributed by atoms with Crippen LogP contribution in [0.2, 0.25) is 0 Å². The van der Waals surface area contributed by atoms with E-state index in [4.69, 9.17) is 4.74 Å². The third-order valence-electron chi connectivity index (χ3n) is 4.17. The molecule has 5 heteroatoms. The predicted octanol–water partition coefficient (Wildman–Crippen LogP) is 0.570. The van der Waals surface area contributed by atoms with Gasteiger partial charge in [0, 0.05) is 32.7 Å². The van der Waals surface area contributed by atoms with E-state index in [1.807, 2.05) is 42.2 Å². The van der Waals surface area contributed by atoms with Crippen molar-refractivity contribution in [2.24, 2.45) is 0 Å². The Morgan fingerprint density at radius 1 is 1.29 bits per heavy atom. The Balaban J connectivity index is 1.56. The van der Waals surface area contributed by atoms with Crippen LogP contribution in [0, 0.1) is 0 Å². The topological polar surface area (TPSA) is 44.8 Å². The molecule has 1 aromatic rings. The molecule has 1 amide bonds. The van der Waals surface area contributed by atoms with E-state index < -0.39 is 0 Å². The lowest BCUT2D eigenvalue weighted by Gasteiger charge is -2.43. The fraction of sp³-hybridized carbons (Fsp3) is 0.562. The molecule has 2 heterocycles. The molecule has 0 aliphatic carbocycles. The fourth-order valence-corrected chi connectivity index (χ4v) is 3.09. The molecule has 0 bridgehead atoms. The van der Waals surface area contributed by atoms with Gasteiger partial charge in [0.2, 0.25) is 5.91 Å². The van der Waals surface area contributed by atoms with Crippen LogP contribution in [0.1, 0.15) is 6.92 Å². The molecule has 0 aromatic heterocycles. The maximum atomic E-state index is 12.5. The van der Waals surface area contributed by atoms with Gasteiger partial charge < -0.3 is 15.0 Å². The van der Waals surface area contributed by atoms with Gasteiger partial charge >= 0.3 is 0 Å². The van der Waals surface area contributed by atoms with E-state index in [9.17, 15) is 4.79 Å². The summed E-state index contributed by atoms with van der Waals surface area (Å²) >= 11 is 0. The molecular weight excluding hydrogens is 266 g/mol. The molecule has 0 radical (unpaired) electrons. The highest BCUT2D eigenvalue weighted by Gasteiger charge is 2.36. The van der Waals surface area contributed by atoms with Gasteiger partial charge in [-0.2, -0.15) is 0 Å². The predicted molar refractivity (Wildman–Crippen MR) is 81.3 cm³/mol. The van der Waals surface area contributed by atoms with Gasteiger partial charge in [0.1, 0.15) is 17.9 Å². The molecule has 3 rings (SSSR count). The SMILES string of the molecule is CC(CN1CCN2CCNC[C@@H]2C1=O)Oc1ccccc1. The number of rotatable bonds is 4. The van der Waals surface area contributed by atoms with Crippen LogP contribution in [0.15, 0.2) is 30.3 Å². The number of carbonyl (C=O) groups excluding carboxylic acids is 1. The number of amides is 1. The number of ether oxygens (including phenoxy) is 1.